The van der Waals surface area contributed by atoms with Gasteiger partial charge in [0.15, 0.2) is 0 Å². The van der Waals surface area contributed by atoms with E-state index in [1.165, 1.54) is 25.3 Å². The Hall–Kier alpha value is -1.20. The van der Waals surface area contributed by atoms with Crippen molar-refractivity contribution in [3.8, 4) is 11.5 Å². The van der Waals surface area contributed by atoms with Crippen LogP contribution in [-0.4, -0.2) is 22.1 Å². The topological polar surface area (TPSA) is 52.6 Å². The van der Waals surface area contributed by atoms with Gasteiger partial charge in [0.1, 0.15) is 16.4 Å². The molecular formula is C11H13ClO4S. The molecule has 0 spiro atoms. The summed E-state index contributed by atoms with van der Waals surface area (Å²) < 4.78 is 32.9. The van der Waals surface area contributed by atoms with E-state index in [0.717, 1.165) is 0 Å². The zero-order valence-corrected chi connectivity index (χ0v) is 10.9. The average molecular weight is 277 g/mol. The first-order chi connectivity index (χ1) is 7.99. The van der Waals surface area contributed by atoms with Gasteiger partial charge in [0, 0.05) is 16.7 Å². The number of hydrogen-bond acceptors (Lipinski definition) is 4. The lowest BCUT2D eigenvalue weighted by Gasteiger charge is -2.10. The van der Waals surface area contributed by atoms with Crippen LogP contribution in [0.3, 0.4) is 0 Å². The molecule has 1 aromatic rings. The SMILES string of the molecule is C=CCCOc1cc(OC)ccc1S(=O)(=O)Cl. The van der Waals surface area contributed by atoms with E-state index >= 15 is 0 Å². The van der Waals surface area contributed by atoms with Gasteiger partial charge in [-0.05, 0) is 18.6 Å². The first kappa shape index (κ1) is 13.9. The molecule has 0 radical (unpaired) electrons. The van der Waals surface area contributed by atoms with Crippen LogP contribution >= 0.6 is 10.7 Å². The van der Waals surface area contributed by atoms with E-state index in [2.05, 4.69) is 6.58 Å². The molecular weight excluding hydrogens is 264 g/mol. The Morgan fingerprint density at radius 1 is 1.47 bits per heavy atom. The highest BCUT2D eigenvalue weighted by molar-refractivity contribution is 8.13. The largest absolute Gasteiger partial charge is 0.497 e. The van der Waals surface area contributed by atoms with Crippen LogP contribution in [0.15, 0.2) is 35.7 Å². The minimum Gasteiger partial charge on any atom is -0.497 e. The fourth-order valence-corrected chi connectivity index (χ4v) is 2.15. The maximum atomic E-state index is 11.3. The van der Waals surface area contributed by atoms with Gasteiger partial charge in [-0.1, -0.05) is 6.08 Å². The van der Waals surface area contributed by atoms with Gasteiger partial charge in [0.2, 0.25) is 0 Å². The van der Waals surface area contributed by atoms with Crippen LogP contribution in [0.5, 0.6) is 11.5 Å². The number of hydrogen-bond donors (Lipinski definition) is 0. The van der Waals surface area contributed by atoms with Crippen LogP contribution in [0.25, 0.3) is 0 Å². The summed E-state index contributed by atoms with van der Waals surface area (Å²) in [4.78, 5) is -0.0657. The summed E-state index contributed by atoms with van der Waals surface area (Å²) in [6.45, 7) is 3.88. The van der Waals surface area contributed by atoms with Crippen LogP contribution < -0.4 is 9.47 Å². The van der Waals surface area contributed by atoms with E-state index in [0.29, 0.717) is 18.8 Å². The van der Waals surface area contributed by atoms with Gasteiger partial charge in [0.25, 0.3) is 9.05 Å². The highest BCUT2D eigenvalue weighted by atomic mass is 35.7. The molecule has 0 saturated heterocycles. The molecule has 0 unspecified atom stereocenters. The van der Waals surface area contributed by atoms with Crippen LogP contribution in [0.2, 0.25) is 0 Å². The van der Waals surface area contributed by atoms with Crippen LogP contribution in [0, 0.1) is 0 Å². The lowest BCUT2D eigenvalue weighted by molar-refractivity contribution is 0.313. The van der Waals surface area contributed by atoms with Crippen molar-refractivity contribution in [3.63, 3.8) is 0 Å². The summed E-state index contributed by atoms with van der Waals surface area (Å²) in [5.74, 6) is 0.684. The molecule has 0 heterocycles. The van der Waals surface area contributed by atoms with Crippen LogP contribution in [-0.2, 0) is 9.05 Å². The summed E-state index contributed by atoms with van der Waals surface area (Å²) in [5.41, 5.74) is 0. The molecule has 0 N–H and O–H groups in total. The molecule has 0 amide bonds. The average Bonchev–Trinajstić information content (AvgIpc) is 2.28. The lowest BCUT2D eigenvalue weighted by atomic mass is 10.3. The number of methoxy groups -OCH3 is 1. The monoisotopic (exact) mass is 276 g/mol. The van der Waals surface area contributed by atoms with Crippen molar-refractivity contribution < 1.29 is 17.9 Å². The van der Waals surface area contributed by atoms with Gasteiger partial charge < -0.3 is 9.47 Å². The predicted octanol–water partition coefficient (Wildman–Crippen LogP) is 2.58. The second kappa shape index (κ2) is 5.93. The molecule has 0 saturated carbocycles. The molecule has 0 aliphatic heterocycles. The van der Waals surface area contributed by atoms with Crippen molar-refractivity contribution in [1.82, 2.24) is 0 Å². The second-order valence-corrected chi connectivity index (χ2v) is 5.71. The zero-order valence-electron chi connectivity index (χ0n) is 9.35. The molecule has 0 aliphatic rings. The van der Waals surface area contributed by atoms with E-state index in [1.54, 1.807) is 6.08 Å². The van der Waals surface area contributed by atoms with E-state index in [9.17, 15) is 8.42 Å². The number of benzene rings is 1. The van der Waals surface area contributed by atoms with E-state index in [1.807, 2.05) is 0 Å². The molecule has 0 aromatic heterocycles. The molecule has 0 fully saturated rings. The third kappa shape index (κ3) is 3.94. The molecule has 17 heavy (non-hydrogen) atoms. The van der Waals surface area contributed by atoms with Gasteiger partial charge in [-0.15, -0.1) is 6.58 Å². The lowest BCUT2D eigenvalue weighted by Crippen LogP contribution is -2.01. The minimum atomic E-state index is -3.83. The fraction of sp³-hybridized carbons (Fsp3) is 0.273. The second-order valence-electron chi connectivity index (χ2n) is 3.18. The Morgan fingerprint density at radius 2 is 2.18 bits per heavy atom. The summed E-state index contributed by atoms with van der Waals surface area (Å²) >= 11 is 0. The maximum absolute atomic E-state index is 11.3. The Kier molecular flexibility index (Phi) is 4.84. The van der Waals surface area contributed by atoms with E-state index in [-0.39, 0.29) is 10.6 Å². The van der Waals surface area contributed by atoms with E-state index in [4.69, 9.17) is 20.2 Å². The van der Waals surface area contributed by atoms with Gasteiger partial charge in [0.05, 0.1) is 13.7 Å². The molecule has 0 atom stereocenters. The van der Waals surface area contributed by atoms with Gasteiger partial charge in [-0.2, -0.15) is 0 Å². The highest BCUT2D eigenvalue weighted by Crippen LogP contribution is 2.30. The van der Waals surface area contributed by atoms with Gasteiger partial charge >= 0.3 is 0 Å². The fourth-order valence-electron chi connectivity index (χ4n) is 1.18. The van der Waals surface area contributed by atoms with E-state index < -0.39 is 9.05 Å². The van der Waals surface area contributed by atoms with Crippen molar-refractivity contribution in [3.05, 3.63) is 30.9 Å². The predicted molar refractivity (Wildman–Crippen MR) is 66.3 cm³/mol. The van der Waals surface area contributed by atoms with Crippen molar-refractivity contribution in [2.24, 2.45) is 0 Å². The summed E-state index contributed by atoms with van der Waals surface area (Å²) in [6.07, 6.45) is 2.29. The Labute approximate surface area is 105 Å². The number of rotatable bonds is 6. The molecule has 94 valence electrons. The van der Waals surface area contributed by atoms with Gasteiger partial charge in [-0.25, -0.2) is 8.42 Å². The Bertz CT molecular complexity index is 496. The quantitative estimate of drug-likeness (QED) is 0.455. The zero-order chi connectivity index (χ0) is 12.9. The molecule has 0 aliphatic carbocycles. The third-order valence-electron chi connectivity index (χ3n) is 1.99. The number of ether oxygens (including phenoxy) is 2. The summed E-state index contributed by atoms with van der Waals surface area (Å²) in [7, 11) is 2.96. The van der Waals surface area contributed by atoms with Crippen LogP contribution in [0.1, 0.15) is 6.42 Å². The third-order valence-corrected chi connectivity index (χ3v) is 3.35. The molecule has 0 bridgehead atoms. The summed E-state index contributed by atoms with van der Waals surface area (Å²) in [6, 6.07) is 4.35. The normalized spacial score (nSPS) is 10.9. The molecule has 1 aromatic carbocycles. The smallest absolute Gasteiger partial charge is 0.264 e. The molecule has 1 rings (SSSR count). The first-order valence-corrected chi connectivity index (χ1v) is 7.16. The maximum Gasteiger partial charge on any atom is 0.264 e. The summed E-state index contributed by atoms with van der Waals surface area (Å²) in [5, 5.41) is 0. The Balaban J connectivity index is 3.07. The molecule has 4 nitrogen and oxygen atoms in total. The standard InChI is InChI=1S/C11H13ClO4S/c1-3-4-7-16-10-8-9(15-2)5-6-11(10)17(12,13)14/h3,5-6,8H,1,4,7H2,2H3. The van der Waals surface area contributed by atoms with Crippen molar-refractivity contribution in [2.75, 3.05) is 13.7 Å². The Morgan fingerprint density at radius 3 is 2.71 bits per heavy atom. The van der Waals surface area contributed by atoms with Crippen molar-refractivity contribution in [2.45, 2.75) is 11.3 Å². The van der Waals surface area contributed by atoms with Crippen LogP contribution in [0.4, 0.5) is 0 Å². The number of halogens is 1. The van der Waals surface area contributed by atoms with Crippen molar-refractivity contribution >= 4 is 19.7 Å². The van der Waals surface area contributed by atoms with Crippen molar-refractivity contribution in [1.29, 1.82) is 0 Å². The first-order valence-electron chi connectivity index (χ1n) is 4.85. The minimum absolute atomic E-state index is 0.0657. The molecule has 6 heteroatoms. The van der Waals surface area contributed by atoms with Gasteiger partial charge in [-0.3, -0.25) is 0 Å². The highest BCUT2D eigenvalue weighted by Gasteiger charge is 2.17.